The lowest BCUT2D eigenvalue weighted by Crippen LogP contribution is -2.14. The molecular weight excluding hydrogens is 286 g/mol. The molecule has 0 aliphatic rings. The molecule has 21 heavy (non-hydrogen) atoms. The number of hydrogen-bond acceptors (Lipinski definition) is 4. The Morgan fingerprint density at radius 3 is 2.52 bits per heavy atom. The molecule has 2 aromatic carbocycles. The quantitative estimate of drug-likeness (QED) is 0.851. The summed E-state index contributed by atoms with van der Waals surface area (Å²) < 4.78 is 27.2. The number of hydrogen-bond donors (Lipinski definition) is 2. The highest BCUT2D eigenvalue weighted by Crippen LogP contribution is 2.25. The average molecular weight is 301 g/mol. The van der Waals surface area contributed by atoms with Crippen LogP contribution in [-0.4, -0.2) is 8.42 Å². The summed E-state index contributed by atoms with van der Waals surface area (Å²) in [7, 11) is -3.75. The van der Waals surface area contributed by atoms with E-state index >= 15 is 0 Å². The first-order valence-electron chi connectivity index (χ1n) is 6.23. The predicted molar refractivity (Wildman–Crippen MR) is 82.3 cm³/mol. The number of benzene rings is 2. The van der Waals surface area contributed by atoms with Gasteiger partial charge in [0.05, 0.1) is 22.2 Å². The van der Waals surface area contributed by atoms with Crippen molar-refractivity contribution in [2.24, 2.45) is 0 Å². The Balaban J connectivity index is 2.42. The highest BCUT2D eigenvalue weighted by Gasteiger charge is 2.16. The van der Waals surface area contributed by atoms with Crippen LogP contribution in [0, 0.1) is 25.2 Å². The predicted octanol–water partition coefficient (Wildman–Crippen LogP) is 2.56. The van der Waals surface area contributed by atoms with Gasteiger partial charge in [0.25, 0.3) is 10.0 Å². The number of nitrogen functional groups attached to an aromatic ring is 1. The highest BCUT2D eigenvalue weighted by molar-refractivity contribution is 7.92. The van der Waals surface area contributed by atoms with Crippen molar-refractivity contribution in [1.82, 2.24) is 0 Å². The molecular formula is C15H15N3O2S. The van der Waals surface area contributed by atoms with Crippen LogP contribution in [0.5, 0.6) is 0 Å². The van der Waals surface area contributed by atoms with Crippen LogP contribution in [0.4, 0.5) is 11.4 Å². The Bertz CT molecular complexity index is 836. The van der Waals surface area contributed by atoms with Gasteiger partial charge in [-0.1, -0.05) is 12.1 Å². The van der Waals surface area contributed by atoms with Gasteiger partial charge >= 0.3 is 0 Å². The fraction of sp³-hybridized carbons (Fsp3) is 0.133. The molecule has 5 nitrogen and oxygen atoms in total. The summed E-state index contributed by atoms with van der Waals surface area (Å²) in [5.41, 5.74) is 8.72. The van der Waals surface area contributed by atoms with E-state index in [2.05, 4.69) is 4.72 Å². The van der Waals surface area contributed by atoms with Crippen LogP contribution in [0.15, 0.2) is 41.3 Å². The molecule has 6 heteroatoms. The number of nitrogens with two attached hydrogens (primary N) is 1. The minimum absolute atomic E-state index is 0.0418. The fourth-order valence-electron chi connectivity index (χ4n) is 1.92. The van der Waals surface area contributed by atoms with Crippen LogP contribution < -0.4 is 10.5 Å². The number of sulfonamides is 1. The maximum Gasteiger partial charge on any atom is 0.261 e. The lowest BCUT2D eigenvalue weighted by Gasteiger charge is -2.13. The summed E-state index contributed by atoms with van der Waals surface area (Å²) in [4.78, 5) is 0.0418. The molecule has 0 amide bonds. The van der Waals surface area contributed by atoms with Crippen molar-refractivity contribution in [3.05, 3.63) is 53.1 Å². The number of anilines is 2. The lowest BCUT2D eigenvalue weighted by molar-refractivity contribution is 0.601. The normalized spacial score (nSPS) is 10.9. The third-order valence-electron chi connectivity index (χ3n) is 3.13. The lowest BCUT2D eigenvalue weighted by atomic mass is 10.1. The molecule has 0 saturated carbocycles. The molecule has 3 N–H and O–H groups in total. The van der Waals surface area contributed by atoms with Gasteiger partial charge < -0.3 is 5.73 Å². The average Bonchev–Trinajstić information content (AvgIpc) is 2.44. The van der Waals surface area contributed by atoms with E-state index in [4.69, 9.17) is 11.0 Å². The van der Waals surface area contributed by atoms with E-state index in [0.717, 1.165) is 11.1 Å². The number of nitrogens with one attached hydrogen (secondary N) is 1. The van der Waals surface area contributed by atoms with Crippen molar-refractivity contribution in [1.29, 1.82) is 5.26 Å². The SMILES string of the molecule is Cc1cc(C)c(NS(=O)(=O)c2cccc(C#N)c2)cc1N. The summed E-state index contributed by atoms with van der Waals surface area (Å²) >= 11 is 0. The van der Waals surface area contributed by atoms with Crippen LogP contribution in [-0.2, 0) is 10.0 Å². The Morgan fingerprint density at radius 1 is 1.14 bits per heavy atom. The Morgan fingerprint density at radius 2 is 1.86 bits per heavy atom. The molecule has 0 heterocycles. The zero-order valence-electron chi connectivity index (χ0n) is 11.7. The number of rotatable bonds is 3. The van der Waals surface area contributed by atoms with E-state index in [1.807, 2.05) is 19.1 Å². The van der Waals surface area contributed by atoms with E-state index < -0.39 is 10.0 Å². The minimum atomic E-state index is -3.75. The van der Waals surface area contributed by atoms with E-state index in [1.54, 1.807) is 19.1 Å². The molecule has 2 aromatic rings. The van der Waals surface area contributed by atoms with E-state index in [-0.39, 0.29) is 10.5 Å². The molecule has 0 aromatic heterocycles. The summed E-state index contributed by atoms with van der Waals surface area (Å²) in [6, 6.07) is 11.2. The molecule has 0 bridgehead atoms. The van der Waals surface area contributed by atoms with Gasteiger partial charge in [0, 0.05) is 5.69 Å². The first kappa shape index (κ1) is 14.9. The number of aryl methyl sites for hydroxylation is 2. The number of nitrogens with zero attached hydrogens (tertiary/aromatic N) is 1. The van der Waals surface area contributed by atoms with Gasteiger partial charge in [-0.25, -0.2) is 8.42 Å². The smallest absolute Gasteiger partial charge is 0.261 e. The standard InChI is InChI=1S/C15H15N3O2S/c1-10-6-11(2)15(8-14(10)17)18-21(19,20)13-5-3-4-12(7-13)9-16/h3-8,18H,17H2,1-2H3. The Hall–Kier alpha value is -2.52. The molecule has 0 aliphatic heterocycles. The van der Waals surface area contributed by atoms with E-state index in [1.165, 1.54) is 18.2 Å². The second-order valence-electron chi connectivity index (χ2n) is 4.77. The molecule has 0 aliphatic carbocycles. The molecule has 2 rings (SSSR count). The van der Waals surface area contributed by atoms with Crippen LogP contribution in [0.2, 0.25) is 0 Å². The van der Waals surface area contributed by atoms with E-state index in [9.17, 15) is 8.42 Å². The van der Waals surface area contributed by atoms with Gasteiger partial charge in [-0.15, -0.1) is 0 Å². The van der Waals surface area contributed by atoms with Crippen molar-refractivity contribution in [2.75, 3.05) is 10.5 Å². The highest BCUT2D eigenvalue weighted by atomic mass is 32.2. The minimum Gasteiger partial charge on any atom is -0.398 e. The van der Waals surface area contributed by atoms with Crippen molar-refractivity contribution < 1.29 is 8.42 Å². The summed E-state index contributed by atoms with van der Waals surface area (Å²) in [5, 5.41) is 8.85. The molecule has 0 spiro atoms. The number of nitriles is 1. The van der Waals surface area contributed by atoms with Crippen LogP contribution in [0.1, 0.15) is 16.7 Å². The summed E-state index contributed by atoms with van der Waals surface area (Å²) in [5.74, 6) is 0. The van der Waals surface area contributed by atoms with Crippen molar-refractivity contribution in [2.45, 2.75) is 18.7 Å². The Labute approximate surface area is 124 Å². The van der Waals surface area contributed by atoms with E-state index in [0.29, 0.717) is 11.4 Å². The third-order valence-corrected chi connectivity index (χ3v) is 4.49. The topological polar surface area (TPSA) is 96.0 Å². The monoisotopic (exact) mass is 301 g/mol. The fourth-order valence-corrected chi connectivity index (χ4v) is 3.08. The molecule has 0 saturated heterocycles. The second kappa shape index (κ2) is 5.46. The molecule has 0 fully saturated rings. The molecule has 108 valence electrons. The first-order chi connectivity index (χ1) is 9.83. The molecule has 0 radical (unpaired) electrons. The first-order valence-corrected chi connectivity index (χ1v) is 7.71. The summed E-state index contributed by atoms with van der Waals surface area (Å²) in [6.45, 7) is 3.66. The van der Waals surface area contributed by atoms with Crippen molar-refractivity contribution in [3.8, 4) is 6.07 Å². The maximum atomic E-state index is 12.4. The van der Waals surface area contributed by atoms with Gasteiger partial charge in [0.2, 0.25) is 0 Å². The van der Waals surface area contributed by atoms with Crippen molar-refractivity contribution >= 4 is 21.4 Å². The Kier molecular flexibility index (Phi) is 3.87. The zero-order chi connectivity index (χ0) is 15.6. The molecule has 0 atom stereocenters. The molecule has 0 unspecified atom stereocenters. The largest absolute Gasteiger partial charge is 0.398 e. The maximum absolute atomic E-state index is 12.4. The second-order valence-corrected chi connectivity index (χ2v) is 6.45. The van der Waals surface area contributed by atoms with Crippen LogP contribution >= 0.6 is 0 Å². The van der Waals surface area contributed by atoms with Crippen molar-refractivity contribution in [3.63, 3.8) is 0 Å². The van der Waals surface area contributed by atoms with Crippen LogP contribution in [0.25, 0.3) is 0 Å². The van der Waals surface area contributed by atoms with Gasteiger partial charge in [0.1, 0.15) is 0 Å². The van der Waals surface area contributed by atoms with Gasteiger partial charge in [-0.05, 0) is 49.2 Å². The zero-order valence-corrected chi connectivity index (χ0v) is 12.5. The van der Waals surface area contributed by atoms with Crippen LogP contribution in [0.3, 0.4) is 0 Å². The van der Waals surface area contributed by atoms with Gasteiger partial charge in [0.15, 0.2) is 0 Å². The summed E-state index contributed by atoms with van der Waals surface area (Å²) in [6.07, 6.45) is 0. The third kappa shape index (κ3) is 3.15. The van der Waals surface area contributed by atoms with Gasteiger partial charge in [-0.3, -0.25) is 4.72 Å². The van der Waals surface area contributed by atoms with Gasteiger partial charge in [-0.2, -0.15) is 5.26 Å².